The Kier molecular flexibility index (Phi) is 5.64. The smallest absolute Gasteiger partial charge is 0.203 e. The van der Waals surface area contributed by atoms with E-state index in [9.17, 15) is 4.79 Å². The highest BCUT2D eigenvalue weighted by Crippen LogP contribution is 2.38. The minimum atomic E-state index is -0.128. The summed E-state index contributed by atoms with van der Waals surface area (Å²) in [6.45, 7) is 7.91. The molecule has 0 spiro atoms. The summed E-state index contributed by atoms with van der Waals surface area (Å²) in [6, 6.07) is 22.1. The first-order valence-electron chi connectivity index (χ1n) is 11.9. The highest BCUT2D eigenvalue weighted by atomic mass is 16.5. The maximum atomic E-state index is 13.6. The first kappa shape index (κ1) is 22.2. The van der Waals surface area contributed by atoms with Gasteiger partial charge in [-0.2, -0.15) is 0 Å². The first-order valence-corrected chi connectivity index (χ1v) is 11.9. The number of rotatable bonds is 5. The highest BCUT2D eigenvalue weighted by molar-refractivity contribution is 5.97. The van der Waals surface area contributed by atoms with Crippen molar-refractivity contribution in [2.24, 2.45) is 0 Å². The van der Waals surface area contributed by atoms with E-state index in [0.717, 1.165) is 52.9 Å². The summed E-state index contributed by atoms with van der Waals surface area (Å²) in [4.78, 5) is 13.6. The van der Waals surface area contributed by atoms with Crippen LogP contribution in [0.4, 0.5) is 0 Å². The average Bonchev–Trinajstić information content (AvgIpc) is 3.09. The van der Waals surface area contributed by atoms with Crippen molar-refractivity contribution in [3.63, 3.8) is 0 Å². The Morgan fingerprint density at radius 3 is 2.35 bits per heavy atom. The molecule has 1 aliphatic heterocycles. The van der Waals surface area contributed by atoms with Crippen LogP contribution in [0.25, 0.3) is 11.0 Å². The molecule has 34 heavy (non-hydrogen) atoms. The summed E-state index contributed by atoms with van der Waals surface area (Å²) in [5.74, 6) is 0.962. The molecule has 5 nitrogen and oxygen atoms in total. The number of benzene rings is 3. The highest BCUT2D eigenvalue weighted by Gasteiger charge is 2.26. The minimum Gasteiger partial charge on any atom is -0.493 e. The molecule has 1 aromatic heterocycles. The van der Waals surface area contributed by atoms with Crippen molar-refractivity contribution in [3.05, 3.63) is 94.6 Å². The van der Waals surface area contributed by atoms with Gasteiger partial charge in [0.15, 0.2) is 5.78 Å². The molecular formula is C29H31N3O2. The van der Waals surface area contributed by atoms with E-state index in [1.807, 2.05) is 63.7 Å². The van der Waals surface area contributed by atoms with Crippen LogP contribution in [0.5, 0.6) is 5.75 Å². The van der Waals surface area contributed by atoms with Gasteiger partial charge in [0, 0.05) is 11.1 Å². The zero-order valence-corrected chi connectivity index (χ0v) is 20.1. The average molecular weight is 454 g/mol. The molecule has 5 rings (SSSR count). The SMILES string of the molecule is CC(C)(C)c1cc(C(=O)Cn2c(=N)n(Cc3ccccc3)c3ccccc32)cc2c1OCCC2. The first-order chi connectivity index (χ1) is 16.3. The summed E-state index contributed by atoms with van der Waals surface area (Å²) in [5, 5.41) is 8.93. The summed E-state index contributed by atoms with van der Waals surface area (Å²) < 4.78 is 9.82. The molecule has 0 amide bonds. The summed E-state index contributed by atoms with van der Waals surface area (Å²) in [5.41, 5.74) is 6.07. The summed E-state index contributed by atoms with van der Waals surface area (Å²) >= 11 is 0. The van der Waals surface area contributed by atoms with Gasteiger partial charge in [0.05, 0.1) is 30.7 Å². The molecule has 0 saturated heterocycles. The number of carbonyl (C=O) groups is 1. The van der Waals surface area contributed by atoms with Crippen molar-refractivity contribution in [2.75, 3.05) is 6.61 Å². The zero-order valence-electron chi connectivity index (χ0n) is 20.1. The molecular weight excluding hydrogens is 422 g/mol. The van der Waals surface area contributed by atoms with Gasteiger partial charge in [-0.3, -0.25) is 10.2 Å². The third-order valence-electron chi connectivity index (χ3n) is 6.59. The fraction of sp³-hybridized carbons (Fsp3) is 0.310. The Labute approximate surface area is 200 Å². The molecule has 174 valence electrons. The third-order valence-corrected chi connectivity index (χ3v) is 6.59. The van der Waals surface area contributed by atoms with Gasteiger partial charge < -0.3 is 13.9 Å². The van der Waals surface area contributed by atoms with Crippen molar-refractivity contribution in [3.8, 4) is 5.75 Å². The van der Waals surface area contributed by atoms with Crippen LogP contribution in [-0.4, -0.2) is 21.5 Å². The topological polar surface area (TPSA) is 60.0 Å². The lowest BCUT2D eigenvalue weighted by Crippen LogP contribution is -2.28. The lowest BCUT2D eigenvalue weighted by Gasteiger charge is -2.28. The Bertz CT molecular complexity index is 1420. The van der Waals surface area contributed by atoms with Gasteiger partial charge in [-0.15, -0.1) is 0 Å². The number of hydrogen-bond acceptors (Lipinski definition) is 3. The maximum Gasteiger partial charge on any atom is 0.203 e. The van der Waals surface area contributed by atoms with Gasteiger partial charge in [-0.1, -0.05) is 63.2 Å². The normalized spacial score (nSPS) is 13.5. The van der Waals surface area contributed by atoms with E-state index < -0.39 is 0 Å². The predicted molar refractivity (Wildman–Crippen MR) is 135 cm³/mol. The Hall–Kier alpha value is -3.60. The number of carbonyl (C=O) groups excluding carboxylic acids is 1. The van der Waals surface area contributed by atoms with Gasteiger partial charge in [0.2, 0.25) is 5.62 Å². The quantitative estimate of drug-likeness (QED) is 0.407. The molecule has 0 saturated carbocycles. The van der Waals surface area contributed by atoms with E-state index in [4.69, 9.17) is 10.1 Å². The fourth-order valence-corrected chi connectivity index (χ4v) is 4.82. The lowest BCUT2D eigenvalue weighted by atomic mass is 9.82. The Balaban J connectivity index is 1.55. The largest absolute Gasteiger partial charge is 0.493 e. The van der Waals surface area contributed by atoms with Gasteiger partial charge >= 0.3 is 0 Å². The van der Waals surface area contributed by atoms with Crippen LogP contribution >= 0.6 is 0 Å². The number of ketones is 1. The van der Waals surface area contributed by atoms with Crippen LogP contribution in [-0.2, 0) is 24.9 Å². The molecule has 4 aromatic rings. The fourth-order valence-electron chi connectivity index (χ4n) is 4.82. The molecule has 0 aliphatic carbocycles. The van der Waals surface area contributed by atoms with E-state index in [1.165, 1.54) is 0 Å². The third kappa shape index (κ3) is 4.07. The second-order valence-electron chi connectivity index (χ2n) is 10.1. The monoisotopic (exact) mass is 453 g/mol. The van der Waals surface area contributed by atoms with Gasteiger partial charge in [-0.05, 0) is 53.6 Å². The second kappa shape index (κ2) is 8.64. The zero-order chi connectivity index (χ0) is 23.9. The van der Waals surface area contributed by atoms with Crippen molar-refractivity contribution >= 4 is 16.8 Å². The summed E-state index contributed by atoms with van der Waals surface area (Å²) in [6.07, 6.45) is 1.89. The number of nitrogens with zero attached hydrogens (tertiary/aromatic N) is 2. The van der Waals surface area contributed by atoms with Crippen LogP contribution in [0.2, 0.25) is 0 Å². The predicted octanol–water partition coefficient (Wildman–Crippen LogP) is 5.48. The Morgan fingerprint density at radius 2 is 1.65 bits per heavy atom. The molecule has 2 heterocycles. The van der Waals surface area contributed by atoms with Crippen molar-refractivity contribution < 1.29 is 9.53 Å². The van der Waals surface area contributed by atoms with Crippen LogP contribution in [0, 0.1) is 5.41 Å². The maximum absolute atomic E-state index is 13.6. The molecule has 0 atom stereocenters. The molecule has 1 N–H and O–H groups in total. The van der Waals surface area contributed by atoms with Crippen molar-refractivity contribution in [1.82, 2.24) is 9.13 Å². The van der Waals surface area contributed by atoms with Gasteiger partial charge in [0.25, 0.3) is 0 Å². The number of aryl methyl sites for hydroxylation is 1. The van der Waals surface area contributed by atoms with Gasteiger partial charge in [-0.25, -0.2) is 0 Å². The molecule has 0 radical (unpaired) electrons. The van der Waals surface area contributed by atoms with E-state index in [0.29, 0.717) is 17.7 Å². The number of imidazole rings is 1. The number of Topliss-reactive ketones (excluding diaryl/α,β-unsaturated/α-hetero) is 1. The molecule has 0 bridgehead atoms. The van der Waals surface area contributed by atoms with Crippen LogP contribution in [0.1, 0.15) is 54.2 Å². The number of para-hydroxylation sites is 2. The number of aromatic nitrogens is 2. The molecule has 0 fully saturated rings. The molecule has 5 heteroatoms. The molecule has 1 aliphatic rings. The number of fused-ring (bicyclic) bond motifs is 2. The van der Waals surface area contributed by atoms with Crippen LogP contribution < -0.4 is 10.4 Å². The number of nitrogens with one attached hydrogen (secondary N) is 1. The van der Waals surface area contributed by atoms with E-state index in [1.54, 1.807) is 0 Å². The molecule has 3 aromatic carbocycles. The van der Waals surface area contributed by atoms with Crippen molar-refractivity contribution in [2.45, 2.75) is 52.1 Å². The lowest BCUT2D eigenvalue weighted by molar-refractivity contribution is 0.0971. The Morgan fingerprint density at radius 1 is 0.971 bits per heavy atom. The van der Waals surface area contributed by atoms with E-state index >= 15 is 0 Å². The van der Waals surface area contributed by atoms with Crippen molar-refractivity contribution in [1.29, 1.82) is 5.41 Å². The second-order valence-corrected chi connectivity index (χ2v) is 10.1. The van der Waals surface area contributed by atoms with Crippen LogP contribution in [0.3, 0.4) is 0 Å². The van der Waals surface area contributed by atoms with Crippen LogP contribution in [0.15, 0.2) is 66.7 Å². The summed E-state index contributed by atoms with van der Waals surface area (Å²) in [7, 11) is 0. The minimum absolute atomic E-state index is 0.0139. The molecule has 0 unspecified atom stereocenters. The number of hydrogen-bond donors (Lipinski definition) is 1. The van der Waals surface area contributed by atoms with E-state index in [-0.39, 0.29) is 17.7 Å². The number of ether oxygens (including phenoxy) is 1. The standard InChI is InChI=1S/C29H31N3O2/c1-29(2,3)23-17-22(16-21-12-9-15-34-27(21)23)26(33)19-32-25-14-8-7-13-24(25)31(28(32)30)18-20-10-5-4-6-11-20/h4-8,10-11,13-14,16-17,30H,9,12,15,18-19H2,1-3H3. The van der Waals surface area contributed by atoms with Gasteiger partial charge in [0.1, 0.15) is 5.75 Å². The van der Waals surface area contributed by atoms with E-state index in [2.05, 4.69) is 32.9 Å².